The van der Waals surface area contributed by atoms with Crippen molar-refractivity contribution in [3.8, 4) is 11.5 Å². The molecule has 0 fully saturated rings. The van der Waals surface area contributed by atoms with Gasteiger partial charge in [0.05, 0.1) is 37.4 Å². The molecule has 8 nitrogen and oxygen atoms in total. The molecule has 0 aliphatic heterocycles. The summed E-state index contributed by atoms with van der Waals surface area (Å²) < 4.78 is 11.1. The molecule has 8 heteroatoms. The van der Waals surface area contributed by atoms with Crippen LogP contribution in [0.3, 0.4) is 0 Å². The Morgan fingerprint density at radius 2 is 1.94 bits per heavy atom. The van der Waals surface area contributed by atoms with Gasteiger partial charge in [0.25, 0.3) is 5.56 Å². The van der Waals surface area contributed by atoms with E-state index in [0.717, 1.165) is 22.6 Å². The van der Waals surface area contributed by atoms with Crippen LogP contribution >= 0.6 is 0 Å². The molecule has 3 aromatic rings. The quantitative estimate of drug-likeness (QED) is 0.398. The number of rotatable bonds is 8. The zero-order chi connectivity index (χ0) is 24.1. The molecule has 0 radical (unpaired) electrons. The van der Waals surface area contributed by atoms with E-state index in [0.29, 0.717) is 41.3 Å². The van der Waals surface area contributed by atoms with Crippen molar-refractivity contribution in [1.82, 2.24) is 20.2 Å². The Bertz CT molecular complexity index is 1210. The van der Waals surface area contributed by atoms with Gasteiger partial charge in [-0.3, -0.25) is 4.79 Å². The molecule has 0 bridgehead atoms. The first-order chi connectivity index (χ1) is 15.7. The Morgan fingerprint density at radius 1 is 1.18 bits per heavy atom. The number of hydrogen-bond donors (Lipinski definition) is 2. The van der Waals surface area contributed by atoms with Crippen LogP contribution in [-0.2, 0) is 13.1 Å². The Morgan fingerprint density at radius 3 is 2.58 bits per heavy atom. The molecule has 0 aliphatic rings. The highest BCUT2D eigenvalue weighted by Crippen LogP contribution is 2.39. The number of nitrogens with one attached hydrogen (secondary N) is 2. The number of benzene rings is 2. The monoisotopic (exact) mass is 451 g/mol. The second-order valence-electron chi connectivity index (χ2n) is 8.42. The fourth-order valence-electron chi connectivity index (χ4n) is 3.70. The number of ether oxygens (including phenoxy) is 2. The van der Waals surface area contributed by atoms with E-state index in [2.05, 4.69) is 20.3 Å². The molecule has 1 aromatic heterocycles. The van der Waals surface area contributed by atoms with Gasteiger partial charge in [-0.2, -0.15) is 4.98 Å². The summed E-state index contributed by atoms with van der Waals surface area (Å²) in [5.74, 6) is 2.72. The molecule has 2 aromatic carbocycles. The number of H-pyrrole nitrogens is 1. The van der Waals surface area contributed by atoms with E-state index in [4.69, 9.17) is 9.47 Å². The summed E-state index contributed by atoms with van der Waals surface area (Å²) in [6.45, 7) is 7.05. The SMILES string of the molecule is COc1cc2[nH]c(CNCc3cccc(/N=C(\C)N(C)C)c3)nc(=O)c2c(C(C)C)c1OC. The number of nitrogens with zero attached hydrogens (tertiary/aromatic N) is 3. The Labute approximate surface area is 194 Å². The third kappa shape index (κ3) is 5.51. The third-order valence-corrected chi connectivity index (χ3v) is 5.48. The summed E-state index contributed by atoms with van der Waals surface area (Å²) in [6, 6.07) is 9.85. The highest BCUT2D eigenvalue weighted by molar-refractivity contribution is 5.87. The smallest absolute Gasteiger partial charge is 0.281 e. The van der Waals surface area contributed by atoms with Crippen LogP contribution in [0, 0.1) is 0 Å². The summed E-state index contributed by atoms with van der Waals surface area (Å²) in [4.78, 5) is 27.1. The van der Waals surface area contributed by atoms with E-state index in [-0.39, 0.29) is 11.5 Å². The van der Waals surface area contributed by atoms with Gasteiger partial charge in [-0.25, -0.2) is 4.99 Å². The maximum absolute atomic E-state index is 13.0. The first-order valence-electron chi connectivity index (χ1n) is 10.9. The molecule has 0 aliphatic carbocycles. The molecular weight excluding hydrogens is 418 g/mol. The lowest BCUT2D eigenvalue weighted by molar-refractivity contribution is 0.351. The molecule has 3 rings (SSSR count). The standard InChI is InChI=1S/C25H33N5O3/c1-15(2)22-23-19(12-20(32-6)24(22)33-7)28-21(29-25(23)31)14-26-13-17-9-8-10-18(11-17)27-16(3)30(4)5/h8-12,15,26H,13-14H2,1-7H3,(H,28,29,31)/b27-16+. The first-order valence-corrected chi connectivity index (χ1v) is 10.9. The third-order valence-electron chi connectivity index (χ3n) is 5.48. The van der Waals surface area contributed by atoms with Crippen molar-refractivity contribution in [2.75, 3.05) is 28.3 Å². The number of methoxy groups -OCH3 is 2. The van der Waals surface area contributed by atoms with Crippen molar-refractivity contribution in [2.45, 2.75) is 39.8 Å². The molecule has 0 saturated heterocycles. The summed E-state index contributed by atoms with van der Waals surface area (Å²) in [7, 11) is 7.11. The van der Waals surface area contributed by atoms with Gasteiger partial charge < -0.3 is 24.7 Å². The van der Waals surface area contributed by atoms with Crippen LogP contribution in [0.2, 0.25) is 0 Å². The molecule has 0 amide bonds. The van der Waals surface area contributed by atoms with Crippen LogP contribution in [0.1, 0.15) is 43.6 Å². The van der Waals surface area contributed by atoms with E-state index in [9.17, 15) is 4.79 Å². The maximum atomic E-state index is 13.0. The number of amidine groups is 1. The van der Waals surface area contributed by atoms with Crippen molar-refractivity contribution in [3.05, 3.63) is 57.6 Å². The molecule has 0 saturated carbocycles. The number of aliphatic imine (C=N–C) groups is 1. The largest absolute Gasteiger partial charge is 0.493 e. The van der Waals surface area contributed by atoms with Gasteiger partial charge in [0.2, 0.25) is 0 Å². The Balaban J connectivity index is 1.84. The first kappa shape index (κ1) is 24.3. The van der Waals surface area contributed by atoms with E-state index < -0.39 is 0 Å². The van der Waals surface area contributed by atoms with Crippen LogP contribution in [0.15, 0.2) is 40.1 Å². The van der Waals surface area contributed by atoms with Gasteiger partial charge in [-0.1, -0.05) is 26.0 Å². The second-order valence-corrected chi connectivity index (χ2v) is 8.42. The average molecular weight is 452 g/mol. The van der Waals surface area contributed by atoms with Gasteiger partial charge in [0, 0.05) is 32.3 Å². The molecular formula is C25H33N5O3. The minimum Gasteiger partial charge on any atom is -0.493 e. The van der Waals surface area contributed by atoms with Gasteiger partial charge in [0.1, 0.15) is 11.7 Å². The lowest BCUT2D eigenvalue weighted by Gasteiger charge is -2.18. The van der Waals surface area contributed by atoms with E-state index in [1.807, 2.05) is 64.0 Å². The van der Waals surface area contributed by atoms with E-state index in [1.54, 1.807) is 20.3 Å². The number of hydrogen-bond acceptors (Lipinski definition) is 6. The zero-order valence-corrected chi connectivity index (χ0v) is 20.4. The number of aromatic amines is 1. The molecule has 176 valence electrons. The van der Waals surface area contributed by atoms with Crippen LogP contribution in [-0.4, -0.2) is 49.0 Å². The average Bonchev–Trinajstić information content (AvgIpc) is 2.77. The highest BCUT2D eigenvalue weighted by Gasteiger charge is 2.21. The Hall–Kier alpha value is -3.39. The number of fused-ring (bicyclic) bond motifs is 1. The summed E-state index contributed by atoms with van der Waals surface area (Å²) in [5.41, 5.74) is 3.20. The van der Waals surface area contributed by atoms with E-state index >= 15 is 0 Å². The van der Waals surface area contributed by atoms with Crippen molar-refractivity contribution < 1.29 is 9.47 Å². The maximum Gasteiger partial charge on any atom is 0.281 e. The van der Waals surface area contributed by atoms with Gasteiger partial charge in [-0.15, -0.1) is 0 Å². The molecule has 2 N–H and O–H groups in total. The summed E-state index contributed by atoms with van der Waals surface area (Å²) in [5, 5.41) is 3.89. The van der Waals surface area contributed by atoms with Crippen LogP contribution in [0.25, 0.3) is 10.9 Å². The number of aromatic nitrogens is 2. The summed E-state index contributed by atoms with van der Waals surface area (Å²) in [6.07, 6.45) is 0. The van der Waals surface area contributed by atoms with Crippen LogP contribution in [0.5, 0.6) is 11.5 Å². The van der Waals surface area contributed by atoms with Crippen LogP contribution < -0.4 is 20.3 Å². The van der Waals surface area contributed by atoms with Crippen molar-refractivity contribution >= 4 is 22.4 Å². The van der Waals surface area contributed by atoms with Gasteiger partial charge >= 0.3 is 0 Å². The predicted molar refractivity (Wildman–Crippen MR) is 133 cm³/mol. The second kappa shape index (κ2) is 10.5. The predicted octanol–water partition coefficient (Wildman–Crippen LogP) is 3.97. The lowest BCUT2D eigenvalue weighted by atomic mass is 9.97. The minimum atomic E-state index is -0.277. The van der Waals surface area contributed by atoms with Crippen molar-refractivity contribution in [2.24, 2.45) is 4.99 Å². The molecule has 0 unspecified atom stereocenters. The molecule has 1 heterocycles. The van der Waals surface area contributed by atoms with Crippen molar-refractivity contribution in [1.29, 1.82) is 0 Å². The lowest BCUT2D eigenvalue weighted by Crippen LogP contribution is -2.20. The minimum absolute atomic E-state index is 0.0653. The highest BCUT2D eigenvalue weighted by atomic mass is 16.5. The fraction of sp³-hybridized carbons (Fsp3) is 0.400. The van der Waals surface area contributed by atoms with Crippen molar-refractivity contribution in [3.63, 3.8) is 0 Å². The van der Waals surface area contributed by atoms with E-state index in [1.165, 1.54) is 0 Å². The molecule has 0 spiro atoms. The normalized spacial score (nSPS) is 11.8. The molecule has 0 atom stereocenters. The molecule has 33 heavy (non-hydrogen) atoms. The Kier molecular flexibility index (Phi) is 7.71. The van der Waals surface area contributed by atoms with Gasteiger partial charge in [0.15, 0.2) is 11.5 Å². The zero-order valence-electron chi connectivity index (χ0n) is 20.4. The fourth-order valence-corrected chi connectivity index (χ4v) is 3.70. The van der Waals surface area contributed by atoms with Crippen LogP contribution in [0.4, 0.5) is 5.69 Å². The topological polar surface area (TPSA) is 91.8 Å². The van der Waals surface area contributed by atoms with Gasteiger partial charge in [-0.05, 0) is 30.5 Å². The summed E-state index contributed by atoms with van der Waals surface area (Å²) >= 11 is 0.